The van der Waals surface area contributed by atoms with Crippen molar-refractivity contribution < 1.29 is 31.0 Å². The van der Waals surface area contributed by atoms with Gasteiger partial charge in [0, 0.05) is 0 Å². The first-order chi connectivity index (χ1) is 3.66. The van der Waals surface area contributed by atoms with Crippen molar-refractivity contribution in [1.82, 2.24) is 0 Å². The molecule has 0 saturated carbocycles. The van der Waals surface area contributed by atoms with Crippen molar-refractivity contribution in [2.45, 2.75) is 0 Å². The maximum atomic E-state index is 9.68. The first-order valence-electron chi connectivity index (χ1n) is 1.84. The van der Waals surface area contributed by atoms with Crippen molar-refractivity contribution in [1.29, 1.82) is 0 Å². The molecule has 0 aliphatic rings. The topological polar surface area (TPSA) is 63.3 Å². The standard InChI is InChI=1S/C5H5NO2.W/c1-2-4(6)3-5(7)8;/h1-2H,6H2,(H,7,8);/q-2;+2. The molecular formula is C5H5NO2W. The summed E-state index contributed by atoms with van der Waals surface area (Å²) in [6.07, 6.45) is 2.79. The minimum Gasteiger partial charge on any atom is -0.509 e. The molecule has 0 aliphatic carbocycles. The fraction of sp³-hybridized carbons (Fsp3) is 0. The summed E-state index contributed by atoms with van der Waals surface area (Å²) in [5, 5.41) is 7.93. The van der Waals surface area contributed by atoms with E-state index in [1.807, 2.05) is 6.08 Å². The van der Waals surface area contributed by atoms with Crippen molar-refractivity contribution in [2.75, 3.05) is 0 Å². The van der Waals surface area contributed by atoms with Crippen LogP contribution in [0.1, 0.15) is 0 Å². The molecule has 0 bridgehead atoms. The summed E-state index contributed by atoms with van der Waals surface area (Å²) in [6, 6.07) is 0. The van der Waals surface area contributed by atoms with E-state index in [0.717, 1.165) is 6.08 Å². The van der Waals surface area contributed by atoms with Crippen LogP contribution >= 0.6 is 0 Å². The smallest absolute Gasteiger partial charge is 0.509 e. The first-order valence-corrected chi connectivity index (χ1v) is 1.84. The van der Waals surface area contributed by atoms with Crippen LogP contribution in [0.3, 0.4) is 0 Å². The van der Waals surface area contributed by atoms with Crippen LogP contribution in [0, 0.1) is 12.7 Å². The van der Waals surface area contributed by atoms with Gasteiger partial charge in [0.2, 0.25) is 5.97 Å². The first kappa shape index (κ1) is 11.3. The second-order valence-corrected chi connectivity index (χ2v) is 1.05. The summed E-state index contributed by atoms with van der Waals surface area (Å²) in [7, 11) is 0. The van der Waals surface area contributed by atoms with E-state index in [1.165, 1.54) is 0 Å². The van der Waals surface area contributed by atoms with Gasteiger partial charge in [-0.2, -0.15) is 0 Å². The molecule has 3 N–H and O–H groups in total. The Kier molecular flexibility index (Phi) is 6.97. The molecule has 3 nitrogen and oxygen atoms in total. The Morgan fingerprint density at radius 1 is 1.78 bits per heavy atom. The second-order valence-electron chi connectivity index (χ2n) is 1.05. The van der Waals surface area contributed by atoms with Crippen LogP contribution in [0.2, 0.25) is 0 Å². The van der Waals surface area contributed by atoms with Crippen molar-refractivity contribution in [2.24, 2.45) is 5.73 Å². The van der Waals surface area contributed by atoms with E-state index in [-0.39, 0.29) is 26.8 Å². The van der Waals surface area contributed by atoms with Crippen LogP contribution in [-0.4, -0.2) is 11.1 Å². The van der Waals surface area contributed by atoms with E-state index in [9.17, 15) is 4.79 Å². The van der Waals surface area contributed by atoms with E-state index in [4.69, 9.17) is 17.4 Å². The molecule has 0 aliphatic heterocycles. The fourth-order valence-electron chi connectivity index (χ4n) is 0.165. The molecule has 0 atom stereocenters. The Morgan fingerprint density at radius 2 is 2.22 bits per heavy atom. The monoisotopic (exact) mass is 295 g/mol. The molecule has 4 heteroatoms. The third kappa shape index (κ3) is 7.44. The molecule has 9 heavy (non-hydrogen) atoms. The summed E-state index contributed by atoms with van der Waals surface area (Å²) in [4.78, 5) is 9.68. The quantitative estimate of drug-likeness (QED) is 0.418. The Labute approximate surface area is 67.5 Å². The number of aliphatic carboxylic acids is 1. The molecule has 48 valence electrons. The molecular weight excluding hydrogens is 290 g/mol. The number of allylic oxidation sites excluding steroid dienone is 1. The van der Waals surface area contributed by atoms with Gasteiger partial charge in [0.1, 0.15) is 0 Å². The zero-order valence-electron chi connectivity index (χ0n) is 4.50. The number of hydrogen-bond donors (Lipinski definition) is 2. The van der Waals surface area contributed by atoms with Crippen LogP contribution in [0.25, 0.3) is 0 Å². The summed E-state index contributed by atoms with van der Waals surface area (Å²) < 4.78 is 0. The molecule has 0 saturated heterocycles. The number of rotatable bonds is 2. The van der Waals surface area contributed by atoms with Gasteiger partial charge >= 0.3 is 21.1 Å². The van der Waals surface area contributed by atoms with Gasteiger partial charge in [-0.1, -0.05) is 0 Å². The van der Waals surface area contributed by atoms with E-state index >= 15 is 0 Å². The van der Waals surface area contributed by atoms with Crippen molar-refractivity contribution in [3.05, 3.63) is 24.4 Å². The average Bonchev–Trinajstić information content (AvgIpc) is 1.65. The maximum Gasteiger partial charge on any atom is 2.00 e. The van der Waals surface area contributed by atoms with Gasteiger partial charge in [0.25, 0.3) is 0 Å². The van der Waals surface area contributed by atoms with Gasteiger partial charge in [-0.05, 0) is 0 Å². The molecule has 0 aromatic heterocycles. The Balaban J connectivity index is 0. The van der Waals surface area contributed by atoms with Gasteiger partial charge < -0.3 is 23.5 Å². The van der Waals surface area contributed by atoms with Gasteiger partial charge in [-0.15, -0.1) is 0 Å². The molecule has 0 aromatic rings. The predicted octanol–water partition coefficient (Wildman–Crippen LogP) is -0.297. The molecule has 0 aromatic carbocycles. The maximum absolute atomic E-state index is 9.68. The molecule has 0 heterocycles. The van der Waals surface area contributed by atoms with E-state index in [1.54, 1.807) is 0 Å². The summed E-state index contributed by atoms with van der Waals surface area (Å²) in [5.41, 5.74) is 4.85. The Morgan fingerprint density at radius 3 is 2.33 bits per heavy atom. The average molecular weight is 295 g/mol. The van der Waals surface area contributed by atoms with Crippen LogP contribution in [0.15, 0.2) is 11.8 Å². The molecule has 0 fully saturated rings. The van der Waals surface area contributed by atoms with Crippen LogP contribution in [0.5, 0.6) is 0 Å². The normalized spacial score (nSPS) is 9.56. The largest absolute Gasteiger partial charge is 2.00 e. The van der Waals surface area contributed by atoms with Gasteiger partial charge in [0.05, 0.1) is 0 Å². The zero-order chi connectivity index (χ0) is 6.57. The Bertz CT molecular complexity index is 142. The van der Waals surface area contributed by atoms with Crippen LogP contribution < -0.4 is 5.73 Å². The van der Waals surface area contributed by atoms with Crippen molar-refractivity contribution >= 4 is 5.97 Å². The third-order valence-corrected chi connectivity index (χ3v) is 0.431. The number of nitrogens with two attached hydrogens (primary N) is 1. The molecule has 0 amide bonds. The van der Waals surface area contributed by atoms with Gasteiger partial charge in [-0.25, -0.2) is 6.08 Å². The minimum atomic E-state index is -1.22. The molecule has 0 radical (unpaired) electrons. The van der Waals surface area contributed by atoms with Gasteiger partial charge in [0.15, 0.2) is 0 Å². The zero-order valence-corrected chi connectivity index (χ0v) is 7.43. The summed E-state index contributed by atoms with van der Waals surface area (Å²) in [6.45, 7) is 4.81. The number of carbonyl (C=O) groups is 1. The van der Waals surface area contributed by atoms with Crippen LogP contribution in [0.4, 0.5) is 0 Å². The fourth-order valence-corrected chi connectivity index (χ4v) is 0.165. The van der Waals surface area contributed by atoms with Crippen molar-refractivity contribution in [3.8, 4) is 0 Å². The summed E-state index contributed by atoms with van der Waals surface area (Å²) >= 11 is 0. The van der Waals surface area contributed by atoms with Gasteiger partial charge in [-0.3, -0.25) is 10.5 Å². The molecule has 0 unspecified atom stereocenters. The second kappa shape index (κ2) is 5.57. The molecule has 0 rings (SSSR count). The van der Waals surface area contributed by atoms with E-state index < -0.39 is 5.97 Å². The SMILES string of the molecule is [CH-]=CC(N)=[C-]C(=O)O.[W+2]. The van der Waals surface area contributed by atoms with Crippen molar-refractivity contribution in [3.63, 3.8) is 0 Å². The number of hydrogen-bond acceptors (Lipinski definition) is 2. The molecule has 0 spiro atoms. The third-order valence-electron chi connectivity index (χ3n) is 0.431. The summed E-state index contributed by atoms with van der Waals surface area (Å²) in [5.74, 6) is -1.22. The van der Waals surface area contributed by atoms with Crippen LogP contribution in [-0.2, 0) is 25.9 Å². The number of carboxylic acids is 1. The van der Waals surface area contributed by atoms with E-state index in [2.05, 4.69) is 0 Å². The Hall–Kier alpha value is -0.562. The predicted molar refractivity (Wildman–Crippen MR) is 27.4 cm³/mol. The van der Waals surface area contributed by atoms with E-state index in [0.29, 0.717) is 0 Å². The number of carboxylic acid groups (broad SMARTS) is 1. The minimum absolute atomic E-state index is 0.